The van der Waals surface area contributed by atoms with Gasteiger partial charge in [-0.1, -0.05) is 36.4 Å². The summed E-state index contributed by atoms with van der Waals surface area (Å²) in [5.41, 5.74) is 1.02. The lowest BCUT2D eigenvalue weighted by molar-refractivity contribution is 0.103. The normalized spacial score (nSPS) is 18.7. The summed E-state index contributed by atoms with van der Waals surface area (Å²) in [6.45, 7) is 5.67. The van der Waals surface area contributed by atoms with Crippen LogP contribution in [0.25, 0.3) is 0 Å². The van der Waals surface area contributed by atoms with E-state index in [1.807, 2.05) is 36.4 Å². The summed E-state index contributed by atoms with van der Waals surface area (Å²) < 4.78 is 5.30. The van der Waals surface area contributed by atoms with Crippen LogP contribution < -0.4 is 0 Å². The monoisotopic (exact) mass is 245 g/mol. The van der Waals surface area contributed by atoms with Gasteiger partial charge < -0.3 is 9.64 Å². The molecular weight excluding hydrogens is 226 g/mol. The first-order valence-corrected chi connectivity index (χ1v) is 6.36. The molecule has 0 bridgehead atoms. The van der Waals surface area contributed by atoms with Crippen molar-refractivity contribution in [3.8, 4) is 0 Å². The van der Waals surface area contributed by atoms with Crippen molar-refractivity contribution >= 4 is 6.09 Å². The van der Waals surface area contributed by atoms with Crippen LogP contribution >= 0.6 is 0 Å². The quantitative estimate of drug-likeness (QED) is 0.762. The summed E-state index contributed by atoms with van der Waals surface area (Å²) in [6.07, 6.45) is 3.74. The molecule has 2 rings (SSSR count). The number of hydrogen-bond donors (Lipinski definition) is 0. The number of ether oxygens (including phenoxy) is 1. The number of carbonyl (C=O) groups excluding carboxylic acids is 1. The molecule has 1 amide bonds. The fourth-order valence-corrected chi connectivity index (χ4v) is 2.24. The second-order valence-corrected chi connectivity index (χ2v) is 4.67. The second kappa shape index (κ2) is 6.24. The van der Waals surface area contributed by atoms with E-state index >= 15 is 0 Å². The van der Waals surface area contributed by atoms with Crippen LogP contribution in [0.1, 0.15) is 18.4 Å². The SMILES string of the molecule is C=CCC1CCN(C(=O)OCc2ccccc2)C1. The van der Waals surface area contributed by atoms with Crippen LogP contribution in [-0.4, -0.2) is 24.1 Å². The van der Waals surface area contributed by atoms with E-state index in [1.165, 1.54) is 0 Å². The molecule has 0 saturated carbocycles. The van der Waals surface area contributed by atoms with E-state index in [2.05, 4.69) is 6.58 Å². The Labute approximate surface area is 108 Å². The Morgan fingerprint density at radius 2 is 2.22 bits per heavy atom. The van der Waals surface area contributed by atoms with E-state index in [0.29, 0.717) is 12.5 Å². The van der Waals surface area contributed by atoms with Crippen LogP contribution in [0, 0.1) is 5.92 Å². The van der Waals surface area contributed by atoms with Gasteiger partial charge in [0.2, 0.25) is 0 Å². The van der Waals surface area contributed by atoms with Gasteiger partial charge in [0.05, 0.1) is 0 Å². The molecule has 1 fully saturated rings. The van der Waals surface area contributed by atoms with Crippen molar-refractivity contribution in [3.05, 3.63) is 48.6 Å². The summed E-state index contributed by atoms with van der Waals surface area (Å²) in [4.78, 5) is 13.6. The van der Waals surface area contributed by atoms with Gasteiger partial charge in [-0.05, 0) is 24.3 Å². The standard InChI is InChI=1S/C15H19NO2/c1-2-6-13-9-10-16(11-13)15(17)18-12-14-7-4-3-5-8-14/h2-5,7-8,13H,1,6,9-12H2. The molecule has 0 radical (unpaired) electrons. The number of rotatable bonds is 4. The Hall–Kier alpha value is -1.77. The van der Waals surface area contributed by atoms with Gasteiger partial charge in [0, 0.05) is 13.1 Å². The molecule has 1 unspecified atom stereocenters. The Kier molecular flexibility index (Phi) is 4.40. The fraction of sp³-hybridized carbons (Fsp3) is 0.400. The third-order valence-corrected chi connectivity index (χ3v) is 3.25. The molecule has 0 N–H and O–H groups in total. The van der Waals surface area contributed by atoms with Gasteiger partial charge in [-0.25, -0.2) is 4.79 Å². The van der Waals surface area contributed by atoms with Crippen LogP contribution in [0.3, 0.4) is 0 Å². The minimum absolute atomic E-state index is 0.203. The van der Waals surface area contributed by atoms with Crippen LogP contribution in [0.15, 0.2) is 43.0 Å². The van der Waals surface area contributed by atoms with Crippen molar-refractivity contribution in [1.29, 1.82) is 0 Å². The van der Waals surface area contributed by atoms with Gasteiger partial charge in [0.25, 0.3) is 0 Å². The average molecular weight is 245 g/mol. The molecular formula is C15H19NO2. The molecule has 96 valence electrons. The third-order valence-electron chi connectivity index (χ3n) is 3.25. The highest BCUT2D eigenvalue weighted by Crippen LogP contribution is 2.20. The van der Waals surface area contributed by atoms with Gasteiger partial charge in [0.15, 0.2) is 0 Å². The lowest BCUT2D eigenvalue weighted by Crippen LogP contribution is -2.29. The molecule has 0 spiro atoms. The highest BCUT2D eigenvalue weighted by atomic mass is 16.6. The maximum absolute atomic E-state index is 11.8. The maximum Gasteiger partial charge on any atom is 0.410 e. The first-order valence-electron chi connectivity index (χ1n) is 6.36. The molecule has 3 heteroatoms. The number of carbonyl (C=O) groups is 1. The smallest absolute Gasteiger partial charge is 0.410 e. The van der Waals surface area contributed by atoms with Gasteiger partial charge in [-0.3, -0.25) is 0 Å². The maximum atomic E-state index is 11.8. The summed E-state index contributed by atoms with van der Waals surface area (Å²) in [5, 5.41) is 0. The number of hydrogen-bond acceptors (Lipinski definition) is 2. The molecule has 1 aromatic carbocycles. The number of allylic oxidation sites excluding steroid dienone is 1. The highest BCUT2D eigenvalue weighted by Gasteiger charge is 2.26. The van der Waals surface area contributed by atoms with Crippen molar-refractivity contribution < 1.29 is 9.53 Å². The molecule has 3 nitrogen and oxygen atoms in total. The van der Waals surface area contributed by atoms with E-state index in [4.69, 9.17) is 4.74 Å². The van der Waals surface area contributed by atoms with Gasteiger partial charge in [0.1, 0.15) is 6.61 Å². The zero-order valence-electron chi connectivity index (χ0n) is 10.5. The fourth-order valence-electron chi connectivity index (χ4n) is 2.24. The van der Waals surface area contributed by atoms with E-state index in [-0.39, 0.29) is 6.09 Å². The molecule has 1 atom stereocenters. The molecule has 1 saturated heterocycles. The Morgan fingerprint density at radius 1 is 1.44 bits per heavy atom. The molecule has 0 aliphatic carbocycles. The van der Waals surface area contributed by atoms with E-state index in [9.17, 15) is 4.79 Å². The number of likely N-dealkylation sites (tertiary alicyclic amines) is 1. The predicted molar refractivity (Wildman–Crippen MR) is 71.1 cm³/mol. The minimum atomic E-state index is -0.203. The Morgan fingerprint density at radius 3 is 2.94 bits per heavy atom. The first kappa shape index (κ1) is 12.7. The van der Waals surface area contributed by atoms with Crippen LogP contribution in [0.4, 0.5) is 4.79 Å². The highest BCUT2D eigenvalue weighted by molar-refractivity contribution is 5.68. The molecule has 1 heterocycles. The molecule has 1 aliphatic heterocycles. The van der Waals surface area contributed by atoms with Crippen molar-refractivity contribution in [3.63, 3.8) is 0 Å². The van der Waals surface area contributed by atoms with E-state index < -0.39 is 0 Å². The summed E-state index contributed by atoms with van der Waals surface area (Å²) in [5.74, 6) is 0.548. The lowest BCUT2D eigenvalue weighted by Gasteiger charge is -2.16. The average Bonchev–Trinajstić information content (AvgIpc) is 2.86. The van der Waals surface area contributed by atoms with E-state index in [1.54, 1.807) is 4.90 Å². The van der Waals surface area contributed by atoms with Gasteiger partial charge >= 0.3 is 6.09 Å². The summed E-state index contributed by atoms with van der Waals surface area (Å²) >= 11 is 0. The van der Waals surface area contributed by atoms with Crippen LogP contribution in [0.5, 0.6) is 0 Å². The zero-order valence-corrected chi connectivity index (χ0v) is 10.5. The summed E-state index contributed by atoms with van der Waals surface area (Å²) in [6, 6.07) is 9.75. The van der Waals surface area contributed by atoms with Crippen LogP contribution in [0.2, 0.25) is 0 Å². The number of benzene rings is 1. The van der Waals surface area contributed by atoms with Crippen LogP contribution in [-0.2, 0) is 11.3 Å². The first-order chi connectivity index (χ1) is 8.79. The third kappa shape index (κ3) is 3.36. The number of amides is 1. The van der Waals surface area contributed by atoms with E-state index in [0.717, 1.165) is 31.5 Å². The van der Waals surface area contributed by atoms with Crippen molar-refractivity contribution in [2.24, 2.45) is 5.92 Å². The van der Waals surface area contributed by atoms with Crippen molar-refractivity contribution in [2.45, 2.75) is 19.4 Å². The Balaban J connectivity index is 1.77. The van der Waals surface area contributed by atoms with Crippen molar-refractivity contribution in [1.82, 2.24) is 4.90 Å². The lowest BCUT2D eigenvalue weighted by atomic mass is 10.1. The van der Waals surface area contributed by atoms with Crippen molar-refractivity contribution in [2.75, 3.05) is 13.1 Å². The topological polar surface area (TPSA) is 29.5 Å². The molecule has 0 aromatic heterocycles. The molecule has 18 heavy (non-hydrogen) atoms. The molecule has 1 aliphatic rings. The summed E-state index contributed by atoms with van der Waals surface area (Å²) in [7, 11) is 0. The Bertz CT molecular complexity index is 402. The zero-order chi connectivity index (χ0) is 12.8. The largest absolute Gasteiger partial charge is 0.445 e. The number of nitrogens with zero attached hydrogens (tertiary/aromatic N) is 1. The second-order valence-electron chi connectivity index (χ2n) is 4.67. The minimum Gasteiger partial charge on any atom is -0.445 e. The predicted octanol–water partition coefficient (Wildman–Crippen LogP) is 3.22. The van der Waals surface area contributed by atoms with Gasteiger partial charge in [-0.2, -0.15) is 0 Å². The molecule has 1 aromatic rings. The van der Waals surface area contributed by atoms with Gasteiger partial charge in [-0.15, -0.1) is 6.58 Å².